The molecule has 0 aliphatic carbocycles. The van der Waals surface area contributed by atoms with E-state index in [4.69, 9.17) is 10.2 Å². The monoisotopic (exact) mass is 177 g/mol. The van der Waals surface area contributed by atoms with Gasteiger partial charge in [-0.25, -0.2) is 0 Å². The second-order valence-electron chi connectivity index (χ2n) is 2.74. The van der Waals surface area contributed by atoms with Crippen LogP contribution in [0.2, 0.25) is 0 Å². The third-order valence-electron chi connectivity index (χ3n) is 0.741. The number of carboxylic acid groups (broad SMARTS) is 2. The normalized spacial score (nSPS) is 9.17. The van der Waals surface area contributed by atoms with Gasteiger partial charge in [-0.2, -0.15) is 0 Å². The van der Waals surface area contributed by atoms with Gasteiger partial charge in [0.2, 0.25) is 0 Å². The molecule has 0 radical (unpaired) electrons. The van der Waals surface area contributed by atoms with Crippen molar-refractivity contribution in [3.63, 3.8) is 0 Å². The highest BCUT2D eigenvalue weighted by atomic mass is 16.4. The van der Waals surface area contributed by atoms with Crippen LogP contribution in [0.3, 0.4) is 0 Å². The summed E-state index contributed by atoms with van der Waals surface area (Å²) in [6.45, 7) is 1.12. The highest BCUT2D eigenvalue weighted by Gasteiger charge is 2.18. The quantitative estimate of drug-likeness (QED) is 0.579. The molecular formula is C7H15NO4. The zero-order valence-corrected chi connectivity index (χ0v) is 7.74. The van der Waals surface area contributed by atoms with Crippen molar-refractivity contribution in [1.82, 2.24) is 4.90 Å². The van der Waals surface area contributed by atoms with Gasteiger partial charge in [0.05, 0.1) is 0 Å². The van der Waals surface area contributed by atoms with Crippen LogP contribution in [0.25, 0.3) is 0 Å². The molecule has 0 aromatic rings. The number of carboxylic acids is 2. The first-order valence-corrected chi connectivity index (χ1v) is 3.35. The van der Waals surface area contributed by atoms with Gasteiger partial charge in [-0.3, -0.25) is 9.59 Å². The Balaban J connectivity index is 0. The highest BCUT2D eigenvalue weighted by Crippen LogP contribution is 1.91. The van der Waals surface area contributed by atoms with Crippen LogP contribution in [0.4, 0.5) is 0 Å². The topological polar surface area (TPSA) is 77.8 Å². The molecule has 5 nitrogen and oxygen atoms in total. The Morgan fingerprint density at radius 2 is 1.25 bits per heavy atom. The van der Waals surface area contributed by atoms with E-state index in [1.54, 1.807) is 0 Å². The minimum atomic E-state index is -1.31. The van der Waals surface area contributed by atoms with Crippen molar-refractivity contribution in [1.29, 1.82) is 0 Å². The van der Waals surface area contributed by atoms with Gasteiger partial charge < -0.3 is 15.1 Å². The lowest BCUT2D eigenvalue weighted by Crippen LogP contribution is -2.19. The maximum Gasteiger partial charge on any atom is 0.317 e. The van der Waals surface area contributed by atoms with E-state index in [0.29, 0.717) is 0 Å². The molecule has 0 heterocycles. The number of aliphatic carboxylic acids is 2. The number of carbonyl (C=O) groups is 2. The molecule has 12 heavy (non-hydrogen) atoms. The van der Waals surface area contributed by atoms with Crippen LogP contribution >= 0.6 is 0 Å². The molecule has 0 unspecified atom stereocenters. The maximum absolute atomic E-state index is 9.76. The average molecular weight is 177 g/mol. The second-order valence-corrected chi connectivity index (χ2v) is 2.74. The Labute approximate surface area is 71.6 Å². The largest absolute Gasteiger partial charge is 0.481 e. The molecule has 2 N–H and O–H groups in total. The third kappa shape index (κ3) is 11.7. The zero-order valence-electron chi connectivity index (χ0n) is 7.74. The summed E-state index contributed by atoms with van der Waals surface area (Å²) in [5, 5.41) is 15.9. The van der Waals surface area contributed by atoms with Crippen molar-refractivity contribution in [2.24, 2.45) is 5.92 Å². The molecule has 0 saturated heterocycles. The SMILES string of the molecule is CC(C(=O)O)C(=O)O.CN(C)C. The van der Waals surface area contributed by atoms with Crippen molar-refractivity contribution in [3.8, 4) is 0 Å². The van der Waals surface area contributed by atoms with Crippen LogP contribution in [0.1, 0.15) is 6.92 Å². The molecule has 0 fully saturated rings. The van der Waals surface area contributed by atoms with Gasteiger partial charge in [0.25, 0.3) is 0 Å². The van der Waals surface area contributed by atoms with Crippen LogP contribution in [0, 0.1) is 5.92 Å². The van der Waals surface area contributed by atoms with Crippen LogP contribution in [-0.4, -0.2) is 48.2 Å². The first-order chi connectivity index (χ1) is 5.29. The van der Waals surface area contributed by atoms with E-state index < -0.39 is 17.9 Å². The highest BCUT2D eigenvalue weighted by molar-refractivity contribution is 5.92. The predicted molar refractivity (Wildman–Crippen MR) is 44.0 cm³/mol. The van der Waals surface area contributed by atoms with Gasteiger partial charge in [-0.15, -0.1) is 0 Å². The minimum Gasteiger partial charge on any atom is -0.481 e. The molecule has 0 aliphatic heterocycles. The average Bonchev–Trinajstić information content (AvgIpc) is 1.84. The summed E-state index contributed by atoms with van der Waals surface area (Å²) in [5.41, 5.74) is 0. The number of hydrogen-bond acceptors (Lipinski definition) is 3. The Bertz CT molecular complexity index is 139. The van der Waals surface area contributed by atoms with E-state index in [9.17, 15) is 9.59 Å². The van der Waals surface area contributed by atoms with E-state index >= 15 is 0 Å². The minimum absolute atomic E-state index is 1.12. The molecule has 0 spiro atoms. The number of hydrogen-bond donors (Lipinski definition) is 2. The van der Waals surface area contributed by atoms with E-state index in [2.05, 4.69) is 0 Å². The van der Waals surface area contributed by atoms with E-state index in [1.165, 1.54) is 0 Å². The molecule has 5 heteroatoms. The fourth-order valence-corrected chi connectivity index (χ4v) is 0.106. The zero-order chi connectivity index (χ0) is 10.3. The van der Waals surface area contributed by atoms with Crippen LogP contribution < -0.4 is 0 Å². The van der Waals surface area contributed by atoms with Gasteiger partial charge in [0, 0.05) is 0 Å². The summed E-state index contributed by atoms with van der Waals surface area (Å²) >= 11 is 0. The summed E-state index contributed by atoms with van der Waals surface area (Å²) in [7, 11) is 6.00. The van der Waals surface area contributed by atoms with Crippen LogP contribution in [0.5, 0.6) is 0 Å². The second kappa shape index (κ2) is 6.60. The fourth-order valence-electron chi connectivity index (χ4n) is 0.106. The summed E-state index contributed by atoms with van der Waals surface area (Å²) in [6.07, 6.45) is 0. The van der Waals surface area contributed by atoms with Crippen LogP contribution in [-0.2, 0) is 9.59 Å². The molecule has 0 amide bonds. The standard InChI is InChI=1S/C4H6O4.C3H9N/c1-2(3(5)6)4(7)8;1-4(2)3/h2H,1H3,(H,5,6)(H,7,8);1-3H3. The van der Waals surface area contributed by atoms with Gasteiger partial charge >= 0.3 is 11.9 Å². The molecule has 0 saturated carbocycles. The molecule has 0 aliphatic rings. The molecular weight excluding hydrogens is 162 g/mol. The number of nitrogens with zero attached hydrogens (tertiary/aromatic N) is 1. The van der Waals surface area contributed by atoms with Crippen molar-refractivity contribution in [2.75, 3.05) is 21.1 Å². The third-order valence-corrected chi connectivity index (χ3v) is 0.741. The fraction of sp³-hybridized carbons (Fsp3) is 0.714. The van der Waals surface area contributed by atoms with Gasteiger partial charge in [0.15, 0.2) is 5.92 Å². The Hall–Kier alpha value is -1.10. The molecule has 0 aromatic carbocycles. The predicted octanol–water partition coefficient (Wildman–Crippen LogP) is -0.0305. The molecule has 0 atom stereocenters. The Morgan fingerprint density at radius 1 is 1.08 bits per heavy atom. The lowest BCUT2D eigenvalue weighted by atomic mass is 10.2. The van der Waals surface area contributed by atoms with Crippen molar-refractivity contribution < 1.29 is 19.8 Å². The summed E-state index contributed by atoms with van der Waals surface area (Å²) < 4.78 is 0. The first kappa shape index (κ1) is 13.5. The molecule has 0 rings (SSSR count). The summed E-state index contributed by atoms with van der Waals surface area (Å²) in [5.74, 6) is -3.91. The van der Waals surface area contributed by atoms with Crippen molar-refractivity contribution in [2.45, 2.75) is 6.92 Å². The van der Waals surface area contributed by atoms with Crippen LogP contribution in [0.15, 0.2) is 0 Å². The smallest absolute Gasteiger partial charge is 0.317 e. The molecule has 0 bridgehead atoms. The van der Waals surface area contributed by atoms with E-state index in [-0.39, 0.29) is 0 Å². The lowest BCUT2D eigenvalue weighted by Gasteiger charge is -1.94. The number of rotatable bonds is 2. The Kier molecular flexibility index (Phi) is 7.42. The van der Waals surface area contributed by atoms with Gasteiger partial charge in [-0.1, -0.05) is 0 Å². The van der Waals surface area contributed by atoms with E-state index in [1.807, 2.05) is 26.0 Å². The first-order valence-electron chi connectivity index (χ1n) is 3.35. The summed E-state index contributed by atoms with van der Waals surface area (Å²) in [6, 6.07) is 0. The summed E-state index contributed by atoms with van der Waals surface area (Å²) in [4.78, 5) is 21.5. The molecule has 0 aromatic heterocycles. The Morgan fingerprint density at radius 3 is 1.25 bits per heavy atom. The van der Waals surface area contributed by atoms with Gasteiger partial charge in [-0.05, 0) is 28.1 Å². The van der Waals surface area contributed by atoms with E-state index in [0.717, 1.165) is 6.92 Å². The lowest BCUT2D eigenvalue weighted by molar-refractivity contribution is -0.153. The van der Waals surface area contributed by atoms with Crippen molar-refractivity contribution >= 4 is 11.9 Å². The van der Waals surface area contributed by atoms with Crippen molar-refractivity contribution in [3.05, 3.63) is 0 Å². The van der Waals surface area contributed by atoms with Gasteiger partial charge in [0.1, 0.15) is 0 Å². The molecule has 72 valence electrons. The maximum atomic E-state index is 9.76.